The van der Waals surface area contributed by atoms with Gasteiger partial charge in [0.2, 0.25) is 0 Å². The third-order valence-corrected chi connectivity index (χ3v) is 5.39. The normalized spacial score (nSPS) is 15.4. The van der Waals surface area contributed by atoms with Gasteiger partial charge in [0.25, 0.3) is 0 Å². The first-order valence-corrected chi connectivity index (χ1v) is 9.26. The topological polar surface area (TPSA) is 48.0 Å². The van der Waals surface area contributed by atoms with Crippen LogP contribution >= 0.6 is 23.2 Å². The Morgan fingerprint density at radius 3 is 2.35 bits per heavy atom. The summed E-state index contributed by atoms with van der Waals surface area (Å²) in [6.45, 7) is 4.14. The first kappa shape index (κ1) is 17.3. The summed E-state index contributed by atoms with van der Waals surface area (Å²) in [6.07, 6.45) is 3.66. The van der Waals surface area contributed by atoms with Gasteiger partial charge in [-0.15, -0.1) is 0 Å². The van der Waals surface area contributed by atoms with Gasteiger partial charge < -0.3 is 14.8 Å². The molecule has 1 aromatic carbocycles. The van der Waals surface area contributed by atoms with E-state index in [0.717, 1.165) is 54.6 Å². The molecule has 0 amide bonds. The second kappa shape index (κ2) is 7.27. The number of halogens is 2. The summed E-state index contributed by atoms with van der Waals surface area (Å²) in [5.74, 6) is 1.79. The first-order valence-electron chi connectivity index (χ1n) is 8.50. The molecule has 1 N–H and O–H groups in total. The standard InChI is InChI=1S/C19H19Cl2N5/c1-25-6-8-26(9-7-25)18-5-3-14(11-22-18)19-23-12-17(24-19)13-2-4-15(20)16(21)10-13/h2-5,10-12H,6-9H2,1H3,(H,23,24). The molecule has 5 nitrogen and oxygen atoms in total. The maximum atomic E-state index is 6.10. The molecule has 134 valence electrons. The number of H-pyrrole nitrogens is 1. The van der Waals surface area contributed by atoms with Gasteiger partial charge in [-0.05, 0) is 31.3 Å². The average molecular weight is 388 g/mol. The third-order valence-electron chi connectivity index (χ3n) is 4.66. The highest BCUT2D eigenvalue weighted by molar-refractivity contribution is 6.42. The monoisotopic (exact) mass is 387 g/mol. The highest BCUT2D eigenvalue weighted by Crippen LogP contribution is 2.29. The van der Waals surface area contributed by atoms with Crippen LogP contribution in [0.15, 0.2) is 42.7 Å². The molecular weight excluding hydrogens is 369 g/mol. The highest BCUT2D eigenvalue weighted by atomic mass is 35.5. The number of aromatic nitrogens is 3. The van der Waals surface area contributed by atoms with E-state index in [2.05, 4.69) is 43.9 Å². The van der Waals surface area contributed by atoms with E-state index in [1.54, 1.807) is 12.3 Å². The van der Waals surface area contributed by atoms with Gasteiger partial charge in [-0.25, -0.2) is 9.97 Å². The third kappa shape index (κ3) is 3.56. The van der Waals surface area contributed by atoms with Crippen molar-refractivity contribution in [3.05, 3.63) is 52.8 Å². The molecule has 1 saturated heterocycles. The molecule has 0 bridgehead atoms. The molecule has 1 aliphatic heterocycles. The first-order chi connectivity index (χ1) is 12.6. The minimum absolute atomic E-state index is 0.526. The highest BCUT2D eigenvalue weighted by Gasteiger charge is 2.15. The summed E-state index contributed by atoms with van der Waals surface area (Å²) < 4.78 is 0. The number of hydrogen-bond donors (Lipinski definition) is 1. The molecule has 4 rings (SSSR count). The van der Waals surface area contributed by atoms with Crippen molar-refractivity contribution in [2.75, 3.05) is 38.1 Å². The quantitative estimate of drug-likeness (QED) is 0.731. The number of rotatable bonds is 3. The van der Waals surface area contributed by atoms with Crippen LogP contribution in [0.3, 0.4) is 0 Å². The van der Waals surface area contributed by atoms with Crippen LogP contribution in [0.2, 0.25) is 10.0 Å². The van der Waals surface area contributed by atoms with E-state index in [9.17, 15) is 0 Å². The lowest BCUT2D eigenvalue weighted by atomic mass is 10.2. The lowest BCUT2D eigenvalue weighted by Crippen LogP contribution is -2.44. The van der Waals surface area contributed by atoms with Crippen LogP contribution in [-0.2, 0) is 0 Å². The minimum atomic E-state index is 0.526. The number of hydrogen-bond acceptors (Lipinski definition) is 4. The van der Waals surface area contributed by atoms with Gasteiger partial charge in [-0.3, -0.25) is 0 Å². The molecule has 0 saturated carbocycles. The van der Waals surface area contributed by atoms with E-state index in [-0.39, 0.29) is 0 Å². The predicted octanol–water partition coefficient (Wildman–Crippen LogP) is 4.20. The number of nitrogens with zero attached hydrogens (tertiary/aromatic N) is 4. The Balaban J connectivity index is 1.53. The van der Waals surface area contributed by atoms with Crippen molar-refractivity contribution in [3.63, 3.8) is 0 Å². The zero-order valence-corrected chi connectivity index (χ0v) is 15.9. The van der Waals surface area contributed by atoms with E-state index in [4.69, 9.17) is 23.2 Å². The fraction of sp³-hybridized carbons (Fsp3) is 0.263. The Hall–Kier alpha value is -2.08. The zero-order valence-electron chi connectivity index (χ0n) is 14.4. The van der Waals surface area contributed by atoms with E-state index >= 15 is 0 Å². The SMILES string of the molecule is CN1CCN(c2ccc(-c3ncc(-c4ccc(Cl)c(Cl)c4)[nH]3)cn2)CC1. The van der Waals surface area contributed by atoms with Crippen LogP contribution in [0.5, 0.6) is 0 Å². The van der Waals surface area contributed by atoms with Crippen LogP contribution in [-0.4, -0.2) is 53.1 Å². The van der Waals surface area contributed by atoms with E-state index in [1.807, 2.05) is 18.3 Å². The number of benzene rings is 1. The molecule has 7 heteroatoms. The van der Waals surface area contributed by atoms with Crippen molar-refractivity contribution in [1.29, 1.82) is 0 Å². The number of nitrogens with one attached hydrogen (secondary N) is 1. The number of likely N-dealkylation sites (N-methyl/N-ethyl adjacent to an activating group) is 1. The van der Waals surface area contributed by atoms with Crippen molar-refractivity contribution < 1.29 is 0 Å². The Kier molecular flexibility index (Phi) is 4.85. The number of aromatic amines is 1. The molecular formula is C19H19Cl2N5. The lowest BCUT2D eigenvalue weighted by Gasteiger charge is -2.33. The number of piperazine rings is 1. The molecule has 3 heterocycles. The van der Waals surface area contributed by atoms with Crippen molar-refractivity contribution in [2.24, 2.45) is 0 Å². The van der Waals surface area contributed by atoms with Gasteiger partial charge in [-0.2, -0.15) is 0 Å². The fourth-order valence-corrected chi connectivity index (χ4v) is 3.33. The van der Waals surface area contributed by atoms with E-state index in [1.165, 1.54) is 0 Å². The summed E-state index contributed by atoms with van der Waals surface area (Å²) in [7, 11) is 2.15. The van der Waals surface area contributed by atoms with Crippen LogP contribution in [0.25, 0.3) is 22.6 Å². The molecule has 0 atom stereocenters. The average Bonchev–Trinajstić information content (AvgIpc) is 3.15. The van der Waals surface area contributed by atoms with Crippen LogP contribution in [0, 0.1) is 0 Å². The van der Waals surface area contributed by atoms with Crippen molar-refractivity contribution in [2.45, 2.75) is 0 Å². The largest absolute Gasteiger partial charge is 0.354 e. The van der Waals surface area contributed by atoms with Gasteiger partial charge in [0, 0.05) is 43.5 Å². The maximum Gasteiger partial charge on any atom is 0.139 e. The maximum absolute atomic E-state index is 6.10. The van der Waals surface area contributed by atoms with E-state index < -0.39 is 0 Å². The Labute approximate surface area is 162 Å². The minimum Gasteiger partial charge on any atom is -0.354 e. The molecule has 2 aromatic heterocycles. The van der Waals surface area contributed by atoms with Gasteiger partial charge >= 0.3 is 0 Å². The Bertz CT molecular complexity index is 899. The van der Waals surface area contributed by atoms with Crippen LogP contribution in [0.1, 0.15) is 0 Å². The summed E-state index contributed by atoms with van der Waals surface area (Å²) >= 11 is 12.1. The van der Waals surface area contributed by atoms with Crippen LogP contribution < -0.4 is 4.90 Å². The summed E-state index contributed by atoms with van der Waals surface area (Å²) in [6, 6.07) is 9.64. The summed E-state index contributed by atoms with van der Waals surface area (Å²) in [4.78, 5) is 17.1. The second-order valence-corrected chi connectivity index (χ2v) is 7.28. The number of anilines is 1. The summed E-state index contributed by atoms with van der Waals surface area (Å²) in [5, 5.41) is 1.07. The molecule has 1 fully saturated rings. The molecule has 0 radical (unpaired) electrons. The van der Waals surface area contributed by atoms with Gasteiger partial charge in [0.15, 0.2) is 0 Å². The van der Waals surface area contributed by atoms with E-state index in [0.29, 0.717) is 10.0 Å². The molecule has 3 aromatic rings. The predicted molar refractivity (Wildman–Crippen MR) is 107 cm³/mol. The Morgan fingerprint density at radius 1 is 0.885 bits per heavy atom. The lowest BCUT2D eigenvalue weighted by molar-refractivity contribution is 0.312. The smallest absolute Gasteiger partial charge is 0.139 e. The van der Waals surface area contributed by atoms with Crippen molar-refractivity contribution in [1.82, 2.24) is 19.9 Å². The van der Waals surface area contributed by atoms with Crippen molar-refractivity contribution in [3.8, 4) is 22.6 Å². The zero-order chi connectivity index (χ0) is 18.1. The fourth-order valence-electron chi connectivity index (χ4n) is 3.03. The Morgan fingerprint density at radius 2 is 1.65 bits per heavy atom. The molecule has 26 heavy (non-hydrogen) atoms. The van der Waals surface area contributed by atoms with Gasteiger partial charge in [0.1, 0.15) is 11.6 Å². The van der Waals surface area contributed by atoms with Crippen LogP contribution in [0.4, 0.5) is 5.82 Å². The molecule has 1 aliphatic rings. The molecule has 0 spiro atoms. The second-order valence-electron chi connectivity index (χ2n) is 6.47. The van der Waals surface area contributed by atoms with Gasteiger partial charge in [-0.1, -0.05) is 29.3 Å². The molecule has 0 unspecified atom stereocenters. The summed E-state index contributed by atoms with van der Waals surface area (Å²) in [5.41, 5.74) is 2.79. The number of imidazole rings is 1. The van der Waals surface area contributed by atoms with Gasteiger partial charge in [0.05, 0.1) is 21.9 Å². The molecule has 0 aliphatic carbocycles. The van der Waals surface area contributed by atoms with Crippen molar-refractivity contribution >= 4 is 29.0 Å². The number of pyridine rings is 1.